The van der Waals surface area contributed by atoms with Crippen LogP contribution < -0.4 is 10.6 Å². The molecule has 1 aliphatic rings. The second-order valence-corrected chi connectivity index (χ2v) is 12.4. The normalized spacial score (nSPS) is 14.5. The molecule has 240 valence electrons. The molecule has 4 heteroatoms. The summed E-state index contributed by atoms with van der Waals surface area (Å²) in [4.78, 5) is 12.3. The number of nitrogens with two attached hydrogens (primary N) is 1. The predicted molar refractivity (Wildman–Crippen MR) is 209 cm³/mol. The van der Waals surface area contributed by atoms with E-state index in [2.05, 4.69) is 169 Å². The monoisotopic (exact) mass is 644 g/mol. The van der Waals surface area contributed by atoms with E-state index in [9.17, 15) is 0 Å². The van der Waals surface area contributed by atoms with Gasteiger partial charge in [-0.15, -0.1) is 0 Å². The SMILES string of the molecule is NC/N=C1\N=C(\c2ccccc2)c2cccc(c2)-c2cccc(c2)N(c2ccc(-c3ccccc3)cc2)c2cccc(c2)Cc2cccc1c2. The van der Waals surface area contributed by atoms with Crippen molar-refractivity contribution in [1.29, 1.82) is 0 Å². The zero-order valence-electron chi connectivity index (χ0n) is 27.7. The fraction of sp³-hybridized carbons (Fsp3) is 0.0435. The molecule has 7 aromatic rings. The highest BCUT2D eigenvalue weighted by Crippen LogP contribution is 2.38. The van der Waals surface area contributed by atoms with Crippen LogP contribution in [0.15, 0.2) is 192 Å². The highest BCUT2D eigenvalue weighted by atomic mass is 15.1. The van der Waals surface area contributed by atoms with Gasteiger partial charge in [0.1, 0.15) is 0 Å². The topological polar surface area (TPSA) is 54.0 Å². The summed E-state index contributed by atoms with van der Waals surface area (Å²) in [5.41, 5.74) is 20.1. The van der Waals surface area contributed by atoms with E-state index in [4.69, 9.17) is 15.7 Å². The molecule has 50 heavy (non-hydrogen) atoms. The van der Waals surface area contributed by atoms with Gasteiger partial charge in [-0.25, -0.2) is 4.99 Å². The molecule has 0 aromatic heterocycles. The van der Waals surface area contributed by atoms with E-state index < -0.39 is 0 Å². The number of anilines is 3. The summed E-state index contributed by atoms with van der Waals surface area (Å²) in [6.07, 6.45) is 0.758. The van der Waals surface area contributed by atoms with Gasteiger partial charge in [-0.1, -0.05) is 133 Å². The Labute approximate surface area is 293 Å². The van der Waals surface area contributed by atoms with E-state index in [1.807, 2.05) is 18.2 Å². The average Bonchev–Trinajstić information content (AvgIpc) is 3.18. The van der Waals surface area contributed by atoms with Gasteiger partial charge in [0.25, 0.3) is 0 Å². The van der Waals surface area contributed by atoms with Crippen molar-refractivity contribution in [2.24, 2.45) is 15.7 Å². The number of aliphatic imine (C=N–C) groups is 2. The molecule has 0 spiro atoms. The molecule has 7 aromatic carbocycles. The summed E-state index contributed by atoms with van der Waals surface area (Å²) in [5.74, 6) is 0.615. The first-order valence-corrected chi connectivity index (χ1v) is 17.0. The zero-order valence-corrected chi connectivity index (χ0v) is 27.7. The van der Waals surface area contributed by atoms with Crippen molar-refractivity contribution in [2.75, 3.05) is 11.6 Å². The van der Waals surface area contributed by atoms with Crippen LogP contribution >= 0.6 is 0 Å². The fourth-order valence-electron chi connectivity index (χ4n) is 6.69. The van der Waals surface area contributed by atoms with E-state index in [1.54, 1.807) is 0 Å². The number of hydrogen-bond acceptors (Lipinski definition) is 3. The lowest BCUT2D eigenvalue weighted by molar-refractivity contribution is 1.06. The number of nitrogens with zero attached hydrogens (tertiary/aromatic N) is 3. The second kappa shape index (κ2) is 14.0. The van der Waals surface area contributed by atoms with Crippen molar-refractivity contribution in [3.05, 3.63) is 210 Å². The molecule has 0 unspecified atom stereocenters. The first-order valence-electron chi connectivity index (χ1n) is 17.0. The number of amidine groups is 1. The summed E-state index contributed by atoms with van der Waals surface area (Å²) in [6.45, 7) is 0.141. The van der Waals surface area contributed by atoms with Gasteiger partial charge in [-0.3, -0.25) is 4.99 Å². The van der Waals surface area contributed by atoms with Gasteiger partial charge in [0.2, 0.25) is 0 Å². The molecule has 0 fully saturated rings. The molecule has 1 heterocycles. The molecule has 0 amide bonds. The molecule has 2 N–H and O–H groups in total. The Bertz CT molecular complexity index is 2320. The first-order chi connectivity index (χ1) is 24.7. The predicted octanol–water partition coefficient (Wildman–Crippen LogP) is 10.6. The third-order valence-electron chi connectivity index (χ3n) is 9.07. The molecule has 0 saturated heterocycles. The lowest BCUT2D eigenvalue weighted by Gasteiger charge is -2.27. The summed E-state index contributed by atoms with van der Waals surface area (Å²) < 4.78 is 0. The van der Waals surface area contributed by atoms with Crippen molar-refractivity contribution in [1.82, 2.24) is 0 Å². The quantitative estimate of drug-likeness (QED) is 0.207. The maximum absolute atomic E-state index is 6.04. The number of rotatable bonds is 4. The lowest BCUT2D eigenvalue weighted by atomic mass is 9.97. The van der Waals surface area contributed by atoms with E-state index >= 15 is 0 Å². The average molecular weight is 645 g/mol. The fourth-order valence-corrected chi connectivity index (χ4v) is 6.69. The van der Waals surface area contributed by atoms with Gasteiger partial charge < -0.3 is 10.6 Å². The van der Waals surface area contributed by atoms with E-state index in [0.717, 1.165) is 57.0 Å². The van der Waals surface area contributed by atoms with Gasteiger partial charge in [0.15, 0.2) is 5.84 Å². The molecule has 0 atom stereocenters. The number of benzene rings is 7. The van der Waals surface area contributed by atoms with Crippen LogP contribution in [0.3, 0.4) is 0 Å². The van der Waals surface area contributed by atoms with Crippen molar-refractivity contribution in [3.63, 3.8) is 0 Å². The van der Waals surface area contributed by atoms with Crippen LogP contribution in [0, 0.1) is 0 Å². The Hall–Kier alpha value is -6.36. The largest absolute Gasteiger partial charge is 0.312 e. The highest BCUT2D eigenvalue weighted by molar-refractivity contribution is 6.20. The Morgan fingerprint density at radius 1 is 0.440 bits per heavy atom. The van der Waals surface area contributed by atoms with Crippen molar-refractivity contribution < 1.29 is 0 Å². The van der Waals surface area contributed by atoms with Crippen molar-refractivity contribution in [2.45, 2.75) is 6.42 Å². The van der Waals surface area contributed by atoms with Crippen LogP contribution in [0.5, 0.6) is 0 Å². The minimum absolute atomic E-state index is 0.141. The Balaban J connectivity index is 1.33. The van der Waals surface area contributed by atoms with Gasteiger partial charge in [0, 0.05) is 33.8 Å². The Morgan fingerprint density at radius 3 is 1.72 bits per heavy atom. The highest BCUT2D eigenvalue weighted by Gasteiger charge is 2.17. The Kier molecular flexibility index (Phi) is 8.67. The zero-order chi connectivity index (χ0) is 33.7. The Morgan fingerprint density at radius 2 is 0.980 bits per heavy atom. The summed E-state index contributed by atoms with van der Waals surface area (Å²) in [6, 6.07) is 64.4. The number of fused-ring (bicyclic) bond motifs is 9. The maximum Gasteiger partial charge on any atom is 0.156 e. The first kappa shape index (κ1) is 30.9. The van der Waals surface area contributed by atoms with Gasteiger partial charge in [0.05, 0.1) is 12.4 Å². The van der Waals surface area contributed by atoms with E-state index in [-0.39, 0.29) is 6.67 Å². The molecular formula is C46H36N4. The lowest BCUT2D eigenvalue weighted by Crippen LogP contribution is -2.11. The van der Waals surface area contributed by atoms with E-state index in [1.165, 1.54) is 22.3 Å². The van der Waals surface area contributed by atoms with Gasteiger partial charge >= 0.3 is 0 Å². The molecule has 0 saturated carbocycles. The molecule has 0 aliphatic carbocycles. The van der Waals surface area contributed by atoms with Crippen LogP contribution in [0.1, 0.15) is 27.8 Å². The van der Waals surface area contributed by atoms with E-state index in [0.29, 0.717) is 5.84 Å². The minimum atomic E-state index is 0.141. The van der Waals surface area contributed by atoms with Gasteiger partial charge in [-0.2, -0.15) is 0 Å². The van der Waals surface area contributed by atoms with Crippen molar-refractivity contribution in [3.8, 4) is 22.3 Å². The second-order valence-electron chi connectivity index (χ2n) is 12.4. The summed E-state index contributed by atoms with van der Waals surface area (Å²) in [7, 11) is 0. The third kappa shape index (κ3) is 6.53. The molecule has 8 bridgehead atoms. The van der Waals surface area contributed by atoms with Crippen LogP contribution in [0.25, 0.3) is 22.3 Å². The summed E-state index contributed by atoms with van der Waals surface area (Å²) >= 11 is 0. The standard InChI is InChI=1S/C46H36N4/c47-32-48-46-41-20-7-11-33(28-41)27-34-12-8-21-43(29-34)50(42-25-23-36(24-26-42)35-13-3-1-4-14-35)44-22-10-18-39(31-44)38-17-9-19-40(30-38)45(49-46)37-15-5-2-6-16-37/h1-26,28-31H,27,32,47H2/b48-46-,49-45-. The van der Waals surface area contributed by atoms with Crippen LogP contribution in [0.2, 0.25) is 0 Å². The molecule has 8 rings (SSSR count). The molecular weight excluding hydrogens is 609 g/mol. The molecule has 0 radical (unpaired) electrons. The van der Waals surface area contributed by atoms with Crippen LogP contribution in [-0.2, 0) is 6.42 Å². The van der Waals surface area contributed by atoms with Crippen molar-refractivity contribution >= 4 is 28.6 Å². The summed E-state index contributed by atoms with van der Waals surface area (Å²) in [5, 5.41) is 0. The number of hydrogen-bond donors (Lipinski definition) is 1. The van der Waals surface area contributed by atoms with Crippen LogP contribution in [-0.4, -0.2) is 18.2 Å². The third-order valence-corrected chi connectivity index (χ3v) is 9.07. The smallest absolute Gasteiger partial charge is 0.156 e. The van der Waals surface area contributed by atoms with Crippen LogP contribution in [0.4, 0.5) is 17.1 Å². The minimum Gasteiger partial charge on any atom is -0.312 e. The molecule has 1 aliphatic heterocycles. The van der Waals surface area contributed by atoms with Gasteiger partial charge in [-0.05, 0) is 88.3 Å². The molecule has 4 nitrogen and oxygen atoms in total. The maximum atomic E-state index is 6.04.